The zero-order valence-electron chi connectivity index (χ0n) is 10.9. The van der Waals surface area contributed by atoms with Gasteiger partial charge in [-0.05, 0) is 38.0 Å². The lowest BCUT2D eigenvalue weighted by Crippen LogP contribution is -2.47. The van der Waals surface area contributed by atoms with Crippen molar-refractivity contribution in [2.24, 2.45) is 0 Å². The molecule has 0 spiro atoms. The van der Waals surface area contributed by atoms with E-state index in [-0.39, 0.29) is 18.6 Å². The van der Waals surface area contributed by atoms with Gasteiger partial charge in [-0.15, -0.1) is 0 Å². The summed E-state index contributed by atoms with van der Waals surface area (Å²) >= 11 is 0. The van der Waals surface area contributed by atoms with Crippen LogP contribution in [0.2, 0.25) is 0 Å². The van der Waals surface area contributed by atoms with Crippen LogP contribution in [0.3, 0.4) is 0 Å². The molecule has 4 heteroatoms. The van der Waals surface area contributed by atoms with Gasteiger partial charge in [-0.2, -0.15) is 0 Å². The third-order valence-corrected chi connectivity index (χ3v) is 3.38. The molecule has 0 radical (unpaired) electrons. The molecule has 2 rings (SSSR count). The summed E-state index contributed by atoms with van der Waals surface area (Å²) in [5.74, 6) is -0.0935. The number of carbonyl (C=O) groups excluding carboxylic acids is 1. The van der Waals surface area contributed by atoms with Gasteiger partial charge in [0.25, 0.3) is 0 Å². The molecule has 1 fully saturated rings. The largest absolute Gasteiger partial charge is 0.394 e. The minimum Gasteiger partial charge on any atom is -0.394 e. The van der Waals surface area contributed by atoms with Gasteiger partial charge in [-0.3, -0.25) is 4.79 Å². The molecule has 2 unspecified atom stereocenters. The molecule has 1 saturated heterocycles. The molecule has 98 valence electrons. The number of hydrogen-bond donors (Lipinski definition) is 2. The number of nitrogens with zero attached hydrogens (tertiary/aromatic N) is 1. The minimum absolute atomic E-state index is 0.0935. The normalized spacial score (nSPS) is 24.6. The summed E-state index contributed by atoms with van der Waals surface area (Å²) in [7, 11) is 0. The van der Waals surface area contributed by atoms with E-state index in [1.54, 1.807) is 0 Å². The van der Waals surface area contributed by atoms with Gasteiger partial charge in [0.05, 0.1) is 6.61 Å². The van der Waals surface area contributed by atoms with Crippen molar-refractivity contribution in [2.45, 2.75) is 32.4 Å². The summed E-state index contributed by atoms with van der Waals surface area (Å²) in [5, 5.41) is 12.4. The van der Waals surface area contributed by atoms with Gasteiger partial charge in [0.1, 0.15) is 6.04 Å². The Labute approximate surface area is 108 Å². The van der Waals surface area contributed by atoms with E-state index in [1.807, 2.05) is 43.0 Å². The first-order chi connectivity index (χ1) is 8.61. The number of aryl methyl sites for hydroxylation is 1. The van der Waals surface area contributed by atoms with Crippen molar-refractivity contribution in [1.82, 2.24) is 5.32 Å². The van der Waals surface area contributed by atoms with Gasteiger partial charge in [-0.25, -0.2) is 0 Å². The Balaban J connectivity index is 2.31. The van der Waals surface area contributed by atoms with Crippen LogP contribution in [0.1, 0.15) is 18.9 Å². The lowest BCUT2D eigenvalue weighted by Gasteiger charge is -2.29. The Morgan fingerprint density at radius 2 is 2.28 bits per heavy atom. The molecule has 0 saturated carbocycles. The molecule has 1 aromatic carbocycles. The van der Waals surface area contributed by atoms with E-state index < -0.39 is 6.04 Å². The fourth-order valence-electron chi connectivity index (χ4n) is 2.34. The molecule has 18 heavy (non-hydrogen) atoms. The van der Waals surface area contributed by atoms with Crippen LogP contribution in [0.4, 0.5) is 5.69 Å². The summed E-state index contributed by atoms with van der Waals surface area (Å²) in [6.07, 6.45) is 0.885. The molecule has 0 bridgehead atoms. The van der Waals surface area contributed by atoms with Crippen LogP contribution >= 0.6 is 0 Å². The predicted octanol–water partition coefficient (Wildman–Crippen LogP) is 1.07. The zero-order chi connectivity index (χ0) is 13.1. The van der Waals surface area contributed by atoms with Crippen molar-refractivity contribution in [3.05, 3.63) is 29.8 Å². The maximum Gasteiger partial charge on any atom is 0.245 e. The Morgan fingerprint density at radius 1 is 1.50 bits per heavy atom. The number of carbonyl (C=O) groups is 1. The number of benzene rings is 1. The lowest BCUT2D eigenvalue weighted by atomic mass is 10.1. The lowest BCUT2D eigenvalue weighted by molar-refractivity contribution is -0.123. The number of hydrogen-bond acceptors (Lipinski definition) is 3. The summed E-state index contributed by atoms with van der Waals surface area (Å²) in [6, 6.07) is 7.70. The number of rotatable bonds is 2. The summed E-state index contributed by atoms with van der Waals surface area (Å²) in [5.41, 5.74) is 2.15. The SMILES string of the molecule is Cc1cccc(N2CCC(C)NC(=O)C2CO)c1. The molecule has 1 amide bonds. The second-order valence-electron chi connectivity index (χ2n) is 4.93. The first-order valence-corrected chi connectivity index (χ1v) is 6.36. The van der Waals surface area contributed by atoms with Gasteiger partial charge >= 0.3 is 0 Å². The number of aliphatic hydroxyl groups excluding tert-OH is 1. The summed E-state index contributed by atoms with van der Waals surface area (Å²) in [4.78, 5) is 14.0. The molecule has 1 aromatic rings. The van der Waals surface area contributed by atoms with Crippen LogP contribution in [-0.2, 0) is 4.79 Å². The Morgan fingerprint density at radius 3 is 2.94 bits per heavy atom. The highest BCUT2D eigenvalue weighted by molar-refractivity contribution is 5.86. The average molecular weight is 248 g/mol. The molecule has 1 aliphatic rings. The molecule has 4 nitrogen and oxygen atoms in total. The Kier molecular flexibility index (Phi) is 3.87. The molecule has 2 N–H and O–H groups in total. The third kappa shape index (κ3) is 2.64. The Hall–Kier alpha value is -1.55. The monoisotopic (exact) mass is 248 g/mol. The minimum atomic E-state index is -0.489. The highest BCUT2D eigenvalue weighted by Gasteiger charge is 2.29. The van der Waals surface area contributed by atoms with Crippen molar-refractivity contribution in [1.29, 1.82) is 0 Å². The van der Waals surface area contributed by atoms with Crippen molar-refractivity contribution < 1.29 is 9.90 Å². The standard InChI is InChI=1S/C14H20N2O2/c1-10-4-3-5-12(8-10)16-7-6-11(2)15-14(18)13(16)9-17/h3-5,8,11,13,17H,6-7,9H2,1-2H3,(H,15,18). The van der Waals surface area contributed by atoms with E-state index in [1.165, 1.54) is 0 Å². The first-order valence-electron chi connectivity index (χ1n) is 6.36. The summed E-state index contributed by atoms with van der Waals surface area (Å²) in [6.45, 7) is 4.63. The maximum atomic E-state index is 12.0. The molecule has 0 aliphatic carbocycles. The van der Waals surface area contributed by atoms with E-state index in [0.717, 1.165) is 24.2 Å². The smallest absolute Gasteiger partial charge is 0.245 e. The Bertz CT molecular complexity index is 434. The molecule has 1 heterocycles. The van der Waals surface area contributed by atoms with Crippen molar-refractivity contribution in [2.75, 3.05) is 18.1 Å². The fraction of sp³-hybridized carbons (Fsp3) is 0.500. The van der Waals surface area contributed by atoms with Crippen LogP contribution in [0.15, 0.2) is 24.3 Å². The highest BCUT2D eigenvalue weighted by Crippen LogP contribution is 2.21. The van der Waals surface area contributed by atoms with Crippen molar-refractivity contribution >= 4 is 11.6 Å². The molecule has 0 aromatic heterocycles. The first kappa shape index (κ1) is 12.9. The predicted molar refractivity (Wildman–Crippen MR) is 71.6 cm³/mol. The van der Waals surface area contributed by atoms with Gasteiger partial charge in [0.15, 0.2) is 0 Å². The van der Waals surface area contributed by atoms with E-state index >= 15 is 0 Å². The maximum absolute atomic E-state index is 12.0. The number of amides is 1. The number of nitrogens with one attached hydrogen (secondary N) is 1. The van der Waals surface area contributed by atoms with Crippen LogP contribution in [0.5, 0.6) is 0 Å². The number of aliphatic hydroxyl groups is 1. The third-order valence-electron chi connectivity index (χ3n) is 3.38. The van der Waals surface area contributed by atoms with Crippen LogP contribution in [0, 0.1) is 6.92 Å². The van der Waals surface area contributed by atoms with E-state index in [4.69, 9.17) is 0 Å². The topological polar surface area (TPSA) is 52.6 Å². The molecular weight excluding hydrogens is 228 g/mol. The molecule has 2 atom stereocenters. The molecule has 1 aliphatic heterocycles. The van der Waals surface area contributed by atoms with E-state index in [0.29, 0.717) is 0 Å². The fourth-order valence-corrected chi connectivity index (χ4v) is 2.34. The highest BCUT2D eigenvalue weighted by atomic mass is 16.3. The second-order valence-corrected chi connectivity index (χ2v) is 4.93. The van der Waals surface area contributed by atoms with Gasteiger partial charge in [0.2, 0.25) is 5.91 Å². The average Bonchev–Trinajstić information content (AvgIpc) is 2.47. The van der Waals surface area contributed by atoms with Crippen LogP contribution in [-0.4, -0.2) is 36.2 Å². The van der Waals surface area contributed by atoms with E-state index in [9.17, 15) is 9.90 Å². The van der Waals surface area contributed by atoms with Crippen molar-refractivity contribution in [3.63, 3.8) is 0 Å². The number of anilines is 1. The second kappa shape index (κ2) is 5.40. The molecular formula is C14H20N2O2. The van der Waals surface area contributed by atoms with Gasteiger partial charge in [0, 0.05) is 18.3 Å². The summed E-state index contributed by atoms with van der Waals surface area (Å²) < 4.78 is 0. The zero-order valence-corrected chi connectivity index (χ0v) is 10.9. The van der Waals surface area contributed by atoms with Crippen LogP contribution in [0.25, 0.3) is 0 Å². The van der Waals surface area contributed by atoms with Crippen molar-refractivity contribution in [3.8, 4) is 0 Å². The van der Waals surface area contributed by atoms with Crippen LogP contribution < -0.4 is 10.2 Å². The van der Waals surface area contributed by atoms with Gasteiger partial charge < -0.3 is 15.3 Å². The van der Waals surface area contributed by atoms with Gasteiger partial charge in [-0.1, -0.05) is 12.1 Å². The quantitative estimate of drug-likeness (QED) is 0.823. The van der Waals surface area contributed by atoms with E-state index in [2.05, 4.69) is 5.32 Å².